The minimum absolute atomic E-state index is 0.164. The highest BCUT2D eigenvalue weighted by molar-refractivity contribution is 7.53. The predicted molar refractivity (Wildman–Crippen MR) is 186 cm³/mol. The number of nitrogens with zero attached hydrogens (tertiary/aromatic N) is 4. The maximum Gasteiger partial charge on any atom is 0.356 e. The predicted octanol–water partition coefficient (Wildman–Crippen LogP) is 9.09. The molecule has 2 N–H and O–H groups in total. The first kappa shape index (κ1) is 38.1. The molecule has 0 bridgehead atoms. The van der Waals surface area contributed by atoms with Crippen molar-refractivity contribution in [3.05, 3.63) is 48.5 Å². The van der Waals surface area contributed by atoms with Crippen LogP contribution in [-0.2, 0) is 36.2 Å². The van der Waals surface area contributed by atoms with Crippen molar-refractivity contribution in [2.24, 2.45) is 0 Å². The third-order valence-electron chi connectivity index (χ3n) is 8.08. The van der Waals surface area contributed by atoms with E-state index in [0.29, 0.717) is 36.7 Å². The Morgan fingerprint density at radius 3 is 1.98 bits per heavy atom. The van der Waals surface area contributed by atoms with Gasteiger partial charge in [-0.15, -0.1) is 0 Å². The van der Waals surface area contributed by atoms with E-state index in [1.54, 1.807) is 6.33 Å². The quantitative estimate of drug-likeness (QED) is 0.0574. The number of hydrogen-bond donors (Lipinski definition) is 1. The van der Waals surface area contributed by atoms with E-state index in [9.17, 15) is 4.57 Å². The zero-order valence-corrected chi connectivity index (χ0v) is 29.1. The first-order valence-electron chi connectivity index (χ1n) is 17.6. The number of unbranched alkanes of at least 4 members (excludes halogenated alkanes) is 15. The van der Waals surface area contributed by atoms with Gasteiger partial charge in [0.2, 0.25) is 0 Å². The van der Waals surface area contributed by atoms with E-state index in [1.165, 1.54) is 103 Å². The molecular formula is C35H58N5O5P. The minimum atomic E-state index is -3.51. The zero-order valence-electron chi connectivity index (χ0n) is 28.2. The molecule has 0 radical (unpaired) electrons. The summed E-state index contributed by atoms with van der Waals surface area (Å²) >= 11 is 0. The van der Waals surface area contributed by atoms with Crippen LogP contribution in [0.5, 0.6) is 0 Å². The van der Waals surface area contributed by atoms with Crippen LogP contribution in [0.25, 0.3) is 11.2 Å². The highest BCUT2D eigenvalue weighted by Crippen LogP contribution is 2.48. The van der Waals surface area contributed by atoms with E-state index in [4.69, 9.17) is 24.3 Å². The van der Waals surface area contributed by atoms with Crippen molar-refractivity contribution in [1.82, 2.24) is 19.5 Å². The van der Waals surface area contributed by atoms with Crippen LogP contribution >= 0.6 is 7.60 Å². The van der Waals surface area contributed by atoms with Gasteiger partial charge in [0.15, 0.2) is 11.5 Å². The molecule has 0 saturated carbocycles. The number of aromatic nitrogens is 4. The van der Waals surface area contributed by atoms with E-state index in [2.05, 4.69) is 21.9 Å². The van der Waals surface area contributed by atoms with E-state index < -0.39 is 7.60 Å². The fraction of sp³-hybridized carbons (Fsp3) is 0.686. The molecule has 10 nitrogen and oxygen atoms in total. The number of hydrogen-bond acceptors (Lipinski definition) is 9. The lowest BCUT2D eigenvalue weighted by molar-refractivity contribution is 0.0756. The Morgan fingerprint density at radius 2 is 1.33 bits per heavy atom. The molecule has 0 aliphatic carbocycles. The second-order valence-electron chi connectivity index (χ2n) is 12.0. The average Bonchev–Trinajstić information content (AvgIpc) is 3.50. The zero-order chi connectivity index (χ0) is 32.5. The van der Waals surface area contributed by atoms with Gasteiger partial charge >= 0.3 is 7.60 Å². The molecule has 2 heterocycles. The molecule has 0 unspecified atom stereocenters. The fourth-order valence-corrected chi connectivity index (χ4v) is 6.62. The van der Waals surface area contributed by atoms with Gasteiger partial charge in [0.05, 0.1) is 32.8 Å². The molecule has 46 heavy (non-hydrogen) atoms. The van der Waals surface area contributed by atoms with Gasteiger partial charge in [-0.1, -0.05) is 134 Å². The van der Waals surface area contributed by atoms with Crippen molar-refractivity contribution in [1.29, 1.82) is 0 Å². The lowest BCUT2D eigenvalue weighted by Crippen LogP contribution is -2.11. The summed E-state index contributed by atoms with van der Waals surface area (Å²) < 4.78 is 38.4. The van der Waals surface area contributed by atoms with Gasteiger partial charge in [0.1, 0.15) is 18.2 Å². The molecule has 1 aromatic carbocycles. The monoisotopic (exact) mass is 659 g/mol. The number of rotatable bonds is 29. The second-order valence-corrected chi connectivity index (χ2v) is 14.0. The van der Waals surface area contributed by atoms with Gasteiger partial charge in [-0.25, -0.2) is 15.0 Å². The number of benzene rings is 1. The summed E-state index contributed by atoms with van der Waals surface area (Å²) in [4.78, 5) is 12.5. The molecule has 0 aliphatic rings. The van der Waals surface area contributed by atoms with Gasteiger partial charge in [-0.2, -0.15) is 0 Å². The molecule has 1 atom stereocenters. The average molecular weight is 660 g/mol. The van der Waals surface area contributed by atoms with Gasteiger partial charge in [-0.3, -0.25) is 4.57 Å². The molecule has 0 saturated heterocycles. The molecule has 0 spiro atoms. The maximum absolute atomic E-state index is 13.5. The number of anilines is 1. The Labute approximate surface area is 276 Å². The van der Waals surface area contributed by atoms with Crippen LogP contribution in [0, 0.1) is 0 Å². The Kier molecular flexibility index (Phi) is 19.8. The van der Waals surface area contributed by atoms with Crippen molar-refractivity contribution in [3.8, 4) is 0 Å². The largest absolute Gasteiger partial charge is 0.382 e. The molecule has 2 aromatic heterocycles. The number of nitrogen functional groups attached to an aromatic ring is 1. The molecule has 3 aromatic rings. The van der Waals surface area contributed by atoms with E-state index in [0.717, 1.165) is 12.0 Å². The van der Waals surface area contributed by atoms with Crippen LogP contribution in [0.15, 0.2) is 43.0 Å². The lowest BCUT2D eigenvalue weighted by Gasteiger charge is -2.19. The molecule has 3 rings (SSSR count). The van der Waals surface area contributed by atoms with E-state index in [1.807, 2.05) is 34.9 Å². The van der Waals surface area contributed by atoms with E-state index in [-0.39, 0.29) is 26.2 Å². The first-order valence-corrected chi connectivity index (χ1v) is 19.3. The van der Waals surface area contributed by atoms with Crippen molar-refractivity contribution in [2.75, 3.05) is 38.5 Å². The van der Waals surface area contributed by atoms with E-state index >= 15 is 0 Å². The number of nitrogens with two attached hydrogens (primary N) is 1. The van der Waals surface area contributed by atoms with Crippen LogP contribution in [0.3, 0.4) is 0 Å². The summed E-state index contributed by atoms with van der Waals surface area (Å²) in [7, 11) is -3.51. The number of imidazole rings is 1. The molecule has 0 amide bonds. The molecular weight excluding hydrogens is 601 g/mol. The van der Waals surface area contributed by atoms with Crippen molar-refractivity contribution < 1.29 is 23.1 Å². The van der Waals surface area contributed by atoms with Gasteiger partial charge < -0.3 is 28.8 Å². The molecule has 0 aliphatic heterocycles. The molecule has 0 fully saturated rings. The summed E-state index contributed by atoms with van der Waals surface area (Å²) in [6.07, 6.45) is 24.4. The normalized spacial score (nSPS) is 13.0. The molecule has 11 heteroatoms. The first-order chi connectivity index (χ1) is 22.6. The Morgan fingerprint density at radius 1 is 0.696 bits per heavy atom. The standard InChI is InChI=1S/C35H58N5O5P/c1-2-3-4-5-6-7-8-9-10-11-12-13-14-15-16-20-24-42-26-27-44-46(41,45-28-32-21-18-17-19-22-32)31-43-25-23-40-30-39-33-34(36)37-29-38-35(33)40/h17-19,21-22,29-30H,2-16,20,23-28,31H2,1H3,(H2,36,37,38)/t46-/m0/s1. The van der Waals surface area contributed by atoms with Crippen LogP contribution in [0.4, 0.5) is 5.82 Å². The minimum Gasteiger partial charge on any atom is -0.382 e. The van der Waals surface area contributed by atoms with Gasteiger partial charge in [0.25, 0.3) is 0 Å². The second kappa shape index (κ2) is 23.9. The van der Waals surface area contributed by atoms with Crippen LogP contribution in [-0.4, -0.2) is 52.3 Å². The summed E-state index contributed by atoms with van der Waals surface area (Å²) in [6.45, 7) is 4.39. The molecule has 258 valence electrons. The Hall–Kier alpha value is -2.36. The third kappa shape index (κ3) is 16.0. The van der Waals surface area contributed by atoms with Crippen molar-refractivity contribution >= 4 is 24.6 Å². The fourth-order valence-electron chi connectivity index (χ4n) is 5.35. The topological polar surface area (TPSA) is 124 Å². The highest BCUT2D eigenvalue weighted by atomic mass is 31.2. The van der Waals surface area contributed by atoms with Crippen LogP contribution in [0.2, 0.25) is 0 Å². The maximum atomic E-state index is 13.5. The lowest BCUT2D eigenvalue weighted by atomic mass is 10.0. The highest BCUT2D eigenvalue weighted by Gasteiger charge is 2.25. The third-order valence-corrected chi connectivity index (χ3v) is 9.68. The van der Waals surface area contributed by atoms with Crippen LogP contribution in [0.1, 0.15) is 115 Å². The summed E-state index contributed by atoms with van der Waals surface area (Å²) in [5, 5.41) is 0. The van der Waals surface area contributed by atoms with Crippen LogP contribution < -0.4 is 5.73 Å². The smallest absolute Gasteiger partial charge is 0.356 e. The van der Waals surface area contributed by atoms with Gasteiger partial charge in [0, 0.05) is 13.2 Å². The summed E-state index contributed by atoms with van der Waals surface area (Å²) in [5.74, 6) is 0.328. The summed E-state index contributed by atoms with van der Waals surface area (Å²) in [5.41, 5.74) is 7.95. The SMILES string of the molecule is CCCCCCCCCCCCCCCCCCOCCO[P@@](=O)(COCCn1cnc2c(N)ncnc21)OCc1ccccc1. The Bertz CT molecular complexity index is 1230. The Balaban J connectivity index is 1.21. The van der Waals surface area contributed by atoms with Gasteiger partial charge in [-0.05, 0) is 12.0 Å². The number of fused-ring (bicyclic) bond motifs is 1. The van der Waals surface area contributed by atoms with Crippen molar-refractivity contribution in [2.45, 2.75) is 123 Å². The summed E-state index contributed by atoms with van der Waals surface area (Å²) in [6, 6.07) is 9.60. The van der Waals surface area contributed by atoms with Crippen molar-refractivity contribution in [3.63, 3.8) is 0 Å². The number of ether oxygens (including phenoxy) is 2.